The number of carbonyl (C=O) groups is 1. The number of fused-ring (bicyclic) bond motifs is 1. The van der Waals surface area contributed by atoms with Crippen LogP contribution >= 0.6 is 0 Å². The normalized spacial score (nSPS) is 18.5. The molecular weight excluding hydrogens is 349 g/mol. The maximum atomic E-state index is 13.2. The zero-order valence-corrected chi connectivity index (χ0v) is 14.1. The predicted octanol–water partition coefficient (Wildman–Crippen LogP) is 2.54. The number of carbonyl (C=O) groups excluding carboxylic acids is 1. The minimum atomic E-state index is -4.44. The monoisotopic (exact) mass is 366 g/mol. The van der Waals surface area contributed by atoms with Crippen molar-refractivity contribution in [3.8, 4) is 0 Å². The van der Waals surface area contributed by atoms with Gasteiger partial charge in [-0.3, -0.25) is 9.48 Å². The fraction of sp³-hybridized carbons (Fsp3) is 0.471. The molecule has 9 heteroatoms. The van der Waals surface area contributed by atoms with Crippen LogP contribution in [0.5, 0.6) is 0 Å². The van der Waals surface area contributed by atoms with Crippen molar-refractivity contribution in [1.29, 1.82) is 0 Å². The number of halogens is 3. The van der Waals surface area contributed by atoms with Gasteiger partial charge in [-0.15, -0.1) is 5.10 Å². The molecule has 2 aliphatic rings. The number of benzene rings is 1. The molecule has 1 aromatic carbocycles. The zero-order chi connectivity index (χ0) is 18.5. The average molecular weight is 366 g/mol. The Morgan fingerprint density at radius 2 is 2.12 bits per heavy atom. The summed E-state index contributed by atoms with van der Waals surface area (Å²) >= 11 is 0. The molecule has 0 saturated carbocycles. The van der Waals surface area contributed by atoms with Crippen LogP contribution in [0.2, 0.25) is 0 Å². The van der Waals surface area contributed by atoms with Crippen molar-refractivity contribution in [3.05, 3.63) is 41.2 Å². The molecule has 2 aliphatic heterocycles. The Hall–Kier alpha value is -2.42. The van der Waals surface area contributed by atoms with Crippen LogP contribution in [-0.2, 0) is 23.9 Å². The van der Waals surface area contributed by atoms with E-state index in [2.05, 4.69) is 17.2 Å². The van der Waals surface area contributed by atoms with Crippen LogP contribution in [0.25, 0.3) is 0 Å². The van der Waals surface area contributed by atoms with E-state index in [-0.39, 0.29) is 29.6 Å². The molecule has 1 saturated heterocycles. The van der Waals surface area contributed by atoms with E-state index in [0.29, 0.717) is 25.4 Å². The Labute approximate surface area is 147 Å². The highest BCUT2D eigenvalue weighted by atomic mass is 19.4. The van der Waals surface area contributed by atoms with Gasteiger partial charge >= 0.3 is 6.18 Å². The lowest BCUT2D eigenvalue weighted by atomic mass is 9.89. The molecule has 0 radical (unpaired) electrons. The van der Waals surface area contributed by atoms with Crippen LogP contribution in [0.1, 0.15) is 28.5 Å². The summed E-state index contributed by atoms with van der Waals surface area (Å²) in [5.41, 5.74) is -0.153. The highest BCUT2D eigenvalue weighted by Gasteiger charge is 2.38. The van der Waals surface area contributed by atoms with Gasteiger partial charge in [0.25, 0.3) is 5.91 Å². The van der Waals surface area contributed by atoms with Gasteiger partial charge in [0.15, 0.2) is 5.69 Å². The first-order valence-corrected chi connectivity index (χ1v) is 8.26. The fourth-order valence-electron chi connectivity index (χ4n) is 3.46. The van der Waals surface area contributed by atoms with Crippen LogP contribution in [-0.4, -0.2) is 40.7 Å². The van der Waals surface area contributed by atoms with Gasteiger partial charge in [-0.25, -0.2) is 0 Å². The molecule has 1 aromatic heterocycles. The molecule has 0 spiro atoms. The second-order valence-corrected chi connectivity index (χ2v) is 7.11. The summed E-state index contributed by atoms with van der Waals surface area (Å²) in [5.74, 6) is -0.440. The first-order chi connectivity index (χ1) is 12.3. The molecule has 0 bridgehead atoms. The van der Waals surface area contributed by atoms with Gasteiger partial charge in [0.1, 0.15) is 0 Å². The van der Waals surface area contributed by atoms with Crippen LogP contribution in [0.4, 0.5) is 18.9 Å². The number of anilines is 1. The number of aromatic nitrogens is 3. The molecule has 2 aromatic rings. The van der Waals surface area contributed by atoms with E-state index < -0.39 is 17.6 Å². The molecular formula is C17H17F3N4O2. The van der Waals surface area contributed by atoms with Crippen molar-refractivity contribution in [2.45, 2.75) is 26.1 Å². The second-order valence-electron chi connectivity index (χ2n) is 7.11. The Bertz CT molecular complexity index is 858. The van der Waals surface area contributed by atoms with E-state index in [1.54, 1.807) is 4.68 Å². The quantitative estimate of drug-likeness (QED) is 0.838. The fourth-order valence-corrected chi connectivity index (χ4v) is 3.46. The first-order valence-electron chi connectivity index (χ1n) is 8.26. The molecule has 138 valence electrons. The van der Waals surface area contributed by atoms with Gasteiger partial charge in [-0.1, -0.05) is 18.2 Å². The molecule has 4 rings (SSSR count). The lowest BCUT2D eigenvalue weighted by molar-refractivity contribution is -0.138. The summed E-state index contributed by atoms with van der Waals surface area (Å²) in [5, 5.41) is 7.88. The summed E-state index contributed by atoms with van der Waals surface area (Å²) in [7, 11) is 0. The lowest BCUT2D eigenvalue weighted by Crippen LogP contribution is -2.43. The molecule has 0 N–H and O–H groups in total. The third-order valence-corrected chi connectivity index (χ3v) is 4.78. The van der Waals surface area contributed by atoms with E-state index in [1.165, 1.54) is 23.2 Å². The number of amides is 1. The van der Waals surface area contributed by atoms with Crippen molar-refractivity contribution in [1.82, 2.24) is 15.0 Å². The third-order valence-electron chi connectivity index (χ3n) is 4.78. The predicted molar refractivity (Wildman–Crippen MR) is 85.8 cm³/mol. The highest BCUT2D eigenvalue weighted by molar-refractivity contribution is 6.06. The average Bonchev–Trinajstić information content (AvgIpc) is 3.18. The molecule has 1 fully saturated rings. The minimum absolute atomic E-state index is 0.0319. The van der Waals surface area contributed by atoms with E-state index in [9.17, 15) is 18.0 Å². The topological polar surface area (TPSA) is 60.2 Å². The highest BCUT2D eigenvalue weighted by Crippen LogP contribution is 2.39. The van der Waals surface area contributed by atoms with Crippen LogP contribution in [0, 0.1) is 5.41 Å². The molecule has 6 nitrogen and oxygen atoms in total. The van der Waals surface area contributed by atoms with Crippen LogP contribution < -0.4 is 4.90 Å². The Morgan fingerprint density at radius 3 is 2.77 bits per heavy atom. The summed E-state index contributed by atoms with van der Waals surface area (Å²) in [6.07, 6.45) is -2.73. The number of alkyl halides is 3. The molecule has 0 unspecified atom stereocenters. The molecule has 0 aliphatic carbocycles. The van der Waals surface area contributed by atoms with Crippen molar-refractivity contribution in [2.24, 2.45) is 5.41 Å². The smallest absolute Gasteiger partial charge is 0.380 e. The van der Waals surface area contributed by atoms with Crippen LogP contribution in [0.15, 0.2) is 24.4 Å². The molecule has 26 heavy (non-hydrogen) atoms. The van der Waals surface area contributed by atoms with Gasteiger partial charge in [0.05, 0.1) is 31.5 Å². The standard InChI is InChI=1S/C17H17F3N4O2/c1-16(9-26-10-16)8-23-7-13(21-22-23)15(25)24-6-5-11-12(17(18,19)20)3-2-4-14(11)24/h2-4,7H,5-6,8-10H2,1H3. The van der Waals surface area contributed by atoms with Gasteiger partial charge in [-0.05, 0) is 24.1 Å². The minimum Gasteiger partial charge on any atom is -0.380 e. The lowest BCUT2D eigenvalue weighted by Gasteiger charge is -2.37. The van der Waals surface area contributed by atoms with Gasteiger partial charge in [0, 0.05) is 17.6 Å². The van der Waals surface area contributed by atoms with Crippen molar-refractivity contribution < 1.29 is 22.7 Å². The van der Waals surface area contributed by atoms with E-state index >= 15 is 0 Å². The van der Waals surface area contributed by atoms with Gasteiger partial charge in [-0.2, -0.15) is 13.2 Å². The largest absolute Gasteiger partial charge is 0.416 e. The van der Waals surface area contributed by atoms with E-state index in [0.717, 1.165) is 6.07 Å². The number of rotatable bonds is 3. The number of nitrogens with zero attached hydrogens (tertiary/aromatic N) is 4. The molecule has 1 amide bonds. The number of hydrogen-bond acceptors (Lipinski definition) is 4. The summed E-state index contributed by atoms with van der Waals surface area (Å²) in [6.45, 7) is 4.06. The summed E-state index contributed by atoms with van der Waals surface area (Å²) in [4.78, 5) is 14.1. The number of hydrogen-bond donors (Lipinski definition) is 0. The van der Waals surface area contributed by atoms with Gasteiger partial charge in [0.2, 0.25) is 0 Å². The molecule has 3 heterocycles. The van der Waals surface area contributed by atoms with E-state index in [1.807, 2.05) is 0 Å². The van der Waals surface area contributed by atoms with Crippen molar-refractivity contribution >= 4 is 11.6 Å². The maximum Gasteiger partial charge on any atom is 0.416 e. The van der Waals surface area contributed by atoms with Crippen LogP contribution in [0.3, 0.4) is 0 Å². The zero-order valence-electron chi connectivity index (χ0n) is 14.1. The molecule has 0 atom stereocenters. The van der Waals surface area contributed by atoms with E-state index in [4.69, 9.17) is 4.74 Å². The third kappa shape index (κ3) is 2.86. The van der Waals surface area contributed by atoms with Crippen molar-refractivity contribution in [3.63, 3.8) is 0 Å². The summed E-state index contributed by atoms with van der Waals surface area (Å²) in [6, 6.07) is 3.90. The first kappa shape index (κ1) is 17.0. The second kappa shape index (κ2) is 5.80. The summed E-state index contributed by atoms with van der Waals surface area (Å²) < 4.78 is 46.2. The Balaban J connectivity index is 1.57. The van der Waals surface area contributed by atoms with Crippen molar-refractivity contribution in [2.75, 3.05) is 24.7 Å². The number of ether oxygens (including phenoxy) is 1. The van der Waals surface area contributed by atoms with Gasteiger partial charge < -0.3 is 9.64 Å². The Morgan fingerprint density at radius 1 is 1.35 bits per heavy atom. The SMILES string of the molecule is CC1(Cn2cc(C(=O)N3CCc4c3cccc4C(F)(F)F)nn2)COC1. The Kier molecular flexibility index (Phi) is 3.80. The maximum absolute atomic E-state index is 13.2.